The van der Waals surface area contributed by atoms with Gasteiger partial charge in [-0.1, -0.05) is 60.1 Å². The molecule has 6 heteroatoms. The molecule has 0 saturated carbocycles. The summed E-state index contributed by atoms with van der Waals surface area (Å²) in [5, 5.41) is 3.02. The molecule has 0 heterocycles. The average Bonchev–Trinajstić information content (AvgIpc) is 2.76. The van der Waals surface area contributed by atoms with Crippen molar-refractivity contribution in [1.29, 1.82) is 0 Å². The Morgan fingerprint density at radius 3 is 2.10 bits per heavy atom. The zero-order chi connectivity index (χ0) is 20.6. The summed E-state index contributed by atoms with van der Waals surface area (Å²) in [6.45, 7) is -0.170. The van der Waals surface area contributed by atoms with Crippen LogP contribution in [0, 0.1) is 0 Å². The van der Waals surface area contributed by atoms with Crippen LogP contribution >= 0.6 is 11.6 Å². The van der Waals surface area contributed by atoms with Crippen LogP contribution in [0.2, 0.25) is 5.02 Å². The van der Waals surface area contributed by atoms with E-state index in [0.29, 0.717) is 10.6 Å². The Hall–Kier alpha value is -3.44. The zero-order valence-corrected chi connectivity index (χ0v) is 16.2. The molecule has 0 aliphatic carbocycles. The lowest BCUT2D eigenvalue weighted by Gasteiger charge is -2.10. The van der Waals surface area contributed by atoms with Gasteiger partial charge in [0.05, 0.1) is 5.56 Å². The number of halogens is 1. The molecule has 5 nitrogen and oxygen atoms in total. The second-order valence-corrected chi connectivity index (χ2v) is 6.65. The maximum Gasteiger partial charge on any atom is 0.325 e. The lowest BCUT2D eigenvalue weighted by molar-refractivity contribution is -0.143. The van der Waals surface area contributed by atoms with Gasteiger partial charge < -0.3 is 10.1 Å². The fraction of sp³-hybridized carbons (Fsp3) is 0.0870. The molecule has 0 aromatic heterocycles. The number of hydrogen-bond acceptors (Lipinski definition) is 4. The highest BCUT2D eigenvalue weighted by Crippen LogP contribution is 2.17. The second kappa shape index (κ2) is 9.66. The lowest BCUT2D eigenvalue weighted by Crippen LogP contribution is -2.31. The van der Waals surface area contributed by atoms with Gasteiger partial charge in [0.25, 0.3) is 5.91 Å². The molecule has 146 valence electrons. The molecule has 0 fully saturated rings. The van der Waals surface area contributed by atoms with Crippen molar-refractivity contribution in [3.63, 3.8) is 0 Å². The molecule has 3 aromatic carbocycles. The molecule has 29 heavy (non-hydrogen) atoms. The van der Waals surface area contributed by atoms with Crippen LogP contribution in [0.5, 0.6) is 0 Å². The smallest absolute Gasteiger partial charge is 0.325 e. The molecule has 0 spiro atoms. The Morgan fingerprint density at radius 2 is 1.41 bits per heavy atom. The minimum Gasteiger partial charge on any atom is -0.460 e. The van der Waals surface area contributed by atoms with E-state index in [-0.39, 0.29) is 30.1 Å². The van der Waals surface area contributed by atoms with E-state index in [9.17, 15) is 14.4 Å². The number of ether oxygens (including phenoxy) is 1. The normalized spacial score (nSPS) is 10.2. The van der Waals surface area contributed by atoms with E-state index >= 15 is 0 Å². The van der Waals surface area contributed by atoms with Crippen LogP contribution in [0.25, 0.3) is 0 Å². The molecule has 3 aromatic rings. The van der Waals surface area contributed by atoms with E-state index in [1.807, 2.05) is 30.3 Å². The summed E-state index contributed by atoms with van der Waals surface area (Å²) >= 11 is 5.86. The number of rotatable bonds is 7. The molecule has 0 aliphatic heterocycles. The highest BCUT2D eigenvalue weighted by atomic mass is 35.5. The number of carbonyl (C=O) groups is 3. The Labute approximate surface area is 173 Å². The van der Waals surface area contributed by atoms with E-state index < -0.39 is 11.9 Å². The molecule has 1 N–H and O–H groups in total. The van der Waals surface area contributed by atoms with E-state index in [1.165, 1.54) is 6.07 Å². The van der Waals surface area contributed by atoms with E-state index in [1.54, 1.807) is 42.5 Å². The molecule has 1 amide bonds. The molecule has 0 aliphatic rings. The van der Waals surface area contributed by atoms with Gasteiger partial charge in [-0.2, -0.15) is 0 Å². The third-order valence-corrected chi connectivity index (χ3v) is 4.41. The molecule has 0 bridgehead atoms. The lowest BCUT2D eigenvalue weighted by atomic mass is 9.98. The van der Waals surface area contributed by atoms with Gasteiger partial charge in [-0.05, 0) is 35.9 Å². The van der Waals surface area contributed by atoms with Crippen molar-refractivity contribution in [2.75, 3.05) is 6.54 Å². The van der Waals surface area contributed by atoms with Gasteiger partial charge in [-0.25, -0.2) is 0 Å². The summed E-state index contributed by atoms with van der Waals surface area (Å²) in [6.07, 6.45) is 0. The van der Waals surface area contributed by atoms with Crippen LogP contribution in [-0.4, -0.2) is 24.2 Å². The van der Waals surface area contributed by atoms with Crippen LogP contribution in [0.3, 0.4) is 0 Å². The molecule has 0 atom stereocenters. The Bertz CT molecular complexity index is 1020. The monoisotopic (exact) mass is 407 g/mol. The van der Waals surface area contributed by atoms with Crippen LogP contribution in [0.1, 0.15) is 31.8 Å². The number of nitrogens with one attached hydrogen (secondary N) is 1. The number of esters is 1. The van der Waals surface area contributed by atoms with Crippen molar-refractivity contribution < 1.29 is 19.1 Å². The predicted molar refractivity (Wildman–Crippen MR) is 110 cm³/mol. The highest BCUT2D eigenvalue weighted by Gasteiger charge is 2.18. The Kier molecular flexibility index (Phi) is 6.76. The van der Waals surface area contributed by atoms with Gasteiger partial charge in [0.1, 0.15) is 13.2 Å². The molecular formula is C23H18ClNO4. The molecular weight excluding hydrogens is 390 g/mol. The standard InChI is InChI=1S/C23H18ClNO4/c24-18-12-10-17(11-13-18)22(27)19-8-4-5-9-20(19)23(28)25-14-21(26)29-15-16-6-2-1-3-7-16/h1-13H,14-15H2,(H,25,28). The second-order valence-electron chi connectivity index (χ2n) is 6.21. The van der Waals surface area contributed by atoms with Crippen LogP contribution in [-0.2, 0) is 16.1 Å². The molecule has 0 radical (unpaired) electrons. The van der Waals surface area contributed by atoms with Crippen molar-refractivity contribution in [3.05, 3.63) is 106 Å². The van der Waals surface area contributed by atoms with Gasteiger partial charge in [-0.15, -0.1) is 0 Å². The first-order chi connectivity index (χ1) is 14.0. The summed E-state index contributed by atoms with van der Waals surface area (Å²) in [5.41, 5.74) is 1.69. The molecule has 0 saturated heterocycles. The van der Waals surface area contributed by atoms with E-state index in [0.717, 1.165) is 5.56 Å². The van der Waals surface area contributed by atoms with Crippen molar-refractivity contribution in [1.82, 2.24) is 5.32 Å². The van der Waals surface area contributed by atoms with Crippen molar-refractivity contribution in [2.24, 2.45) is 0 Å². The number of hydrogen-bond donors (Lipinski definition) is 1. The summed E-state index contributed by atoms with van der Waals surface area (Å²) < 4.78 is 5.14. The highest BCUT2D eigenvalue weighted by molar-refractivity contribution is 6.30. The zero-order valence-electron chi connectivity index (χ0n) is 15.4. The minimum absolute atomic E-state index is 0.126. The number of carbonyl (C=O) groups excluding carboxylic acids is 3. The maximum atomic E-state index is 12.8. The maximum absolute atomic E-state index is 12.8. The molecule has 3 rings (SSSR count). The van der Waals surface area contributed by atoms with Gasteiger partial charge in [0.15, 0.2) is 5.78 Å². The fourth-order valence-corrected chi connectivity index (χ4v) is 2.80. The summed E-state index contributed by atoms with van der Waals surface area (Å²) in [4.78, 5) is 37.2. The van der Waals surface area contributed by atoms with Gasteiger partial charge in [-0.3, -0.25) is 14.4 Å². The first-order valence-corrected chi connectivity index (χ1v) is 9.29. The summed E-state index contributed by atoms with van der Waals surface area (Å²) in [6, 6.07) is 22.1. The summed E-state index contributed by atoms with van der Waals surface area (Å²) in [5.74, 6) is -1.40. The van der Waals surface area contributed by atoms with Crippen LogP contribution < -0.4 is 5.32 Å². The van der Waals surface area contributed by atoms with Gasteiger partial charge >= 0.3 is 5.97 Å². The summed E-state index contributed by atoms with van der Waals surface area (Å²) in [7, 11) is 0. The first-order valence-electron chi connectivity index (χ1n) is 8.91. The number of amides is 1. The van der Waals surface area contributed by atoms with E-state index in [4.69, 9.17) is 16.3 Å². The third-order valence-electron chi connectivity index (χ3n) is 4.16. The van der Waals surface area contributed by atoms with Crippen molar-refractivity contribution >= 4 is 29.3 Å². The van der Waals surface area contributed by atoms with E-state index in [2.05, 4.69) is 5.32 Å². The van der Waals surface area contributed by atoms with Gasteiger partial charge in [0.2, 0.25) is 0 Å². The van der Waals surface area contributed by atoms with Crippen molar-refractivity contribution in [3.8, 4) is 0 Å². The van der Waals surface area contributed by atoms with Crippen LogP contribution in [0.4, 0.5) is 0 Å². The fourth-order valence-electron chi connectivity index (χ4n) is 2.67. The Morgan fingerprint density at radius 1 is 0.793 bits per heavy atom. The number of ketones is 1. The predicted octanol–water partition coefficient (Wildman–Crippen LogP) is 4.04. The molecule has 0 unspecified atom stereocenters. The quantitative estimate of drug-likeness (QED) is 0.474. The number of benzene rings is 3. The third kappa shape index (κ3) is 5.53. The topological polar surface area (TPSA) is 72.5 Å². The van der Waals surface area contributed by atoms with Gasteiger partial charge in [0, 0.05) is 16.1 Å². The average molecular weight is 408 g/mol. The SMILES string of the molecule is O=C(CNC(=O)c1ccccc1C(=O)c1ccc(Cl)cc1)OCc1ccccc1. The minimum atomic E-state index is -0.566. The first kappa shape index (κ1) is 20.3. The van der Waals surface area contributed by atoms with Crippen molar-refractivity contribution in [2.45, 2.75) is 6.61 Å². The largest absolute Gasteiger partial charge is 0.460 e. The Balaban J connectivity index is 1.63. The van der Waals surface area contributed by atoms with Crippen LogP contribution in [0.15, 0.2) is 78.9 Å².